The van der Waals surface area contributed by atoms with Crippen LogP contribution in [0.1, 0.15) is 10.4 Å². The molecule has 0 saturated carbocycles. The molecule has 0 atom stereocenters. The number of guanidine groups is 1. The van der Waals surface area contributed by atoms with E-state index in [1.807, 2.05) is 12.1 Å². The Kier molecular flexibility index (Phi) is 9.74. The zero-order chi connectivity index (χ0) is 18.2. The molecule has 0 unspecified atom stereocenters. The summed E-state index contributed by atoms with van der Waals surface area (Å²) >= 11 is 9.37. The van der Waals surface area contributed by atoms with Crippen LogP contribution in [0.25, 0.3) is 0 Å². The Labute approximate surface area is 182 Å². The summed E-state index contributed by atoms with van der Waals surface area (Å²) in [6.45, 7) is 0.728. The van der Waals surface area contributed by atoms with E-state index in [4.69, 9.17) is 22.1 Å². The van der Waals surface area contributed by atoms with Gasteiger partial charge in [-0.3, -0.25) is 9.79 Å². The Balaban J connectivity index is 0.00000338. The zero-order valence-electron chi connectivity index (χ0n) is 14.0. The highest BCUT2D eigenvalue weighted by Crippen LogP contribution is 2.26. The number of aliphatic imine (C=N–C) groups is 1. The Morgan fingerprint density at radius 1 is 1.27 bits per heavy atom. The predicted molar refractivity (Wildman–Crippen MR) is 120 cm³/mol. The van der Waals surface area contributed by atoms with Crippen LogP contribution in [0.5, 0.6) is 5.75 Å². The third kappa shape index (κ3) is 7.00. The number of hydrogen-bond donors (Lipinski definition) is 3. The maximum atomic E-state index is 11.9. The largest absolute Gasteiger partial charge is 0.495 e. The molecule has 0 heterocycles. The molecule has 0 aliphatic carbocycles. The summed E-state index contributed by atoms with van der Waals surface area (Å²) in [5, 5.41) is 6.18. The molecule has 140 valence electrons. The van der Waals surface area contributed by atoms with E-state index in [-0.39, 0.29) is 35.8 Å². The Bertz CT molecular complexity index is 772. The number of methoxy groups -OCH3 is 1. The van der Waals surface area contributed by atoms with Gasteiger partial charge in [0.25, 0.3) is 5.91 Å². The highest BCUT2D eigenvalue weighted by molar-refractivity contribution is 14.0. The third-order valence-electron chi connectivity index (χ3n) is 3.21. The van der Waals surface area contributed by atoms with Crippen molar-refractivity contribution < 1.29 is 9.53 Å². The topological polar surface area (TPSA) is 88.7 Å². The summed E-state index contributed by atoms with van der Waals surface area (Å²) in [4.78, 5) is 16.1. The number of anilines is 1. The highest BCUT2D eigenvalue weighted by Gasteiger charge is 2.04. The van der Waals surface area contributed by atoms with Gasteiger partial charge in [-0.2, -0.15) is 0 Å². The fourth-order valence-corrected chi connectivity index (χ4v) is 2.50. The Morgan fingerprint density at radius 3 is 2.58 bits per heavy atom. The molecule has 0 aromatic heterocycles. The fourth-order valence-electron chi connectivity index (χ4n) is 1.98. The van der Waals surface area contributed by atoms with Gasteiger partial charge in [0.2, 0.25) is 0 Å². The normalized spacial score (nSPS) is 10.7. The molecule has 2 aromatic rings. The van der Waals surface area contributed by atoms with Crippen molar-refractivity contribution in [1.82, 2.24) is 5.32 Å². The molecule has 6 nitrogen and oxygen atoms in total. The van der Waals surface area contributed by atoms with Gasteiger partial charge < -0.3 is 21.1 Å². The first-order valence-corrected chi connectivity index (χ1v) is 8.61. The standard InChI is InChI=1S/C17H18BrClN4O2.HI/c1-25-15-7-6-13(10-14(15)19)23-17(20)22-9-8-21-16(24)11-2-4-12(18)5-3-11;/h2-7,10H,8-9H2,1H3,(H,21,24)(H3,20,22,23);1H. The second-order valence-corrected chi connectivity index (χ2v) is 6.33. The molecule has 0 bridgehead atoms. The van der Waals surface area contributed by atoms with E-state index in [2.05, 4.69) is 31.6 Å². The quantitative estimate of drug-likeness (QED) is 0.219. The number of nitrogens with one attached hydrogen (secondary N) is 2. The second kappa shape index (κ2) is 11.2. The van der Waals surface area contributed by atoms with Crippen LogP contribution in [0.3, 0.4) is 0 Å². The highest BCUT2D eigenvalue weighted by atomic mass is 127. The van der Waals surface area contributed by atoms with E-state index in [0.29, 0.717) is 35.1 Å². The number of carbonyl (C=O) groups is 1. The Hall–Kier alpha value is -1.52. The van der Waals surface area contributed by atoms with Gasteiger partial charge in [-0.25, -0.2) is 0 Å². The first-order chi connectivity index (χ1) is 12.0. The van der Waals surface area contributed by atoms with Crippen LogP contribution in [-0.4, -0.2) is 32.1 Å². The molecule has 0 aliphatic rings. The molecule has 1 amide bonds. The number of ether oxygens (including phenoxy) is 1. The lowest BCUT2D eigenvalue weighted by Gasteiger charge is -2.08. The Morgan fingerprint density at radius 2 is 1.96 bits per heavy atom. The average Bonchev–Trinajstić information content (AvgIpc) is 2.59. The van der Waals surface area contributed by atoms with E-state index in [1.54, 1.807) is 37.4 Å². The molecule has 4 N–H and O–H groups in total. The molecule has 0 radical (unpaired) electrons. The minimum atomic E-state index is -0.156. The molecule has 0 saturated heterocycles. The van der Waals surface area contributed by atoms with Crippen molar-refractivity contribution in [2.45, 2.75) is 0 Å². The molecular formula is C17H19BrClIN4O2. The van der Waals surface area contributed by atoms with Gasteiger partial charge in [0.1, 0.15) is 5.75 Å². The number of halogens is 3. The predicted octanol–water partition coefficient (Wildman–Crippen LogP) is 3.89. The lowest BCUT2D eigenvalue weighted by molar-refractivity contribution is 0.0955. The summed E-state index contributed by atoms with van der Waals surface area (Å²) in [7, 11) is 1.55. The summed E-state index contributed by atoms with van der Waals surface area (Å²) in [5.41, 5.74) is 7.11. The van der Waals surface area contributed by atoms with E-state index in [9.17, 15) is 4.79 Å². The van der Waals surface area contributed by atoms with Crippen LogP contribution < -0.4 is 21.1 Å². The first-order valence-electron chi connectivity index (χ1n) is 7.44. The van der Waals surface area contributed by atoms with Crippen LogP contribution in [-0.2, 0) is 0 Å². The van der Waals surface area contributed by atoms with Crippen LogP contribution in [0.2, 0.25) is 5.02 Å². The number of rotatable bonds is 6. The van der Waals surface area contributed by atoms with Crippen molar-refractivity contribution in [1.29, 1.82) is 0 Å². The molecule has 0 fully saturated rings. The molecular weight excluding hydrogens is 534 g/mol. The number of nitrogens with zero attached hydrogens (tertiary/aromatic N) is 1. The number of hydrogen-bond acceptors (Lipinski definition) is 3. The van der Waals surface area contributed by atoms with Crippen molar-refractivity contribution in [2.24, 2.45) is 10.7 Å². The summed E-state index contributed by atoms with van der Waals surface area (Å²) in [5.74, 6) is 0.661. The minimum Gasteiger partial charge on any atom is -0.495 e. The molecule has 9 heteroatoms. The van der Waals surface area contributed by atoms with Crippen molar-refractivity contribution in [3.8, 4) is 5.75 Å². The molecule has 2 rings (SSSR count). The van der Waals surface area contributed by atoms with E-state index in [0.717, 1.165) is 4.47 Å². The number of amides is 1. The van der Waals surface area contributed by atoms with Gasteiger partial charge >= 0.3 is 0 Å². The number of carbonyl (C=O) groups excluding carboxylic acids is 1. The smallest absolute Gasteiger partial charge is 0.251 e. The number of benzene rings is 2. The van der Waals surface area contributed by atoms with Crippen LogP contribution >= 0.6 is 51.5 Å². The van der Waals surface area contributed by atoms with Gasteiger partial charge in [0.05, 0.1) is 18.7 Å². The van der Waals surface area contributed by atoms with E-state index < -0.39 is 0 Å². The van der Waals surface area contributed by atoms with E-state index in [1.165, 1.54) is 0 Å². The average molecular weight is 554 g/mol. The first kappa shape index (κ1) is 22.5. The SMILES string of the molecule is COc1ccc(NC(N)=NCCNC(=O)c2ccc(Br)cc2)cc1Cl.I. The van der Waals surface area contributed by atoms with Gasteiger partial charge in [-0.1, -0.05) is 27.5 Å². The van der Waals surface area contributed by atoms with Gasteiger partial charge in [-0.15, -0.1) is 24.0 Å². The van der Waals surface area contributed by atoms with Crippen LogP contribution in [0.15, 0.2) is 51.9 Å². The second-order valence-electron chi connectivity index (χ2n) is 5.00. The van der Waals surface area contributed by atoms with Gasteiger partial charge in [0.15, 0.2) is 5.96 Å². The molecule has 2 aromatic carbocycles. The summed E-state index contributed by atoms with van der Waals surface area (Å²) in [6.07, 6.45) is 0. The molecule has 26 heavy (non-hydrogen) atoms. The minimum absolute atomic E-state index is 0. The van der Waals surface area contributed by atoms with E-state index >= 15 is 0 Å². The molecule has 0 aliphatic heterocycles. The third-order valence-corrected chi connectivity index (χ3v) is 4.03. The molecule has 0 spiro atoms. The summed E-state index contributed by atoms with van der Waals surface area (Å²) < 4.78 is 6.01. The van der Waals surface area contributed by atoms with Crippen molar-refractivity contribution in [3.05, 3.63) is 57.5 Å². The number of nitrogens with two attached hydrogens (primary N) is 1. The van der Waals surface area contributed by atoms with Gasteiger partial charge in [-0.05, 0) is 42.5 Å². The monoisotopic (exact) mass is 552 g/mol. The maximum absolute atomic E-state index is 11.9. The fraction of sp³-hybridized carbons (Fsp3) is 0.176. The van der Waals surface area contributed by atoms with Crippen LogP contribution in [0.4, 0.5) is 5.69 Å². The lowest BCUT2D eigenvalue weighted by Crippen LogP contribution is -2.28. The maximum Gasteiger partial charge on any atom is 0.251 e. The van der Waals surface area contributed by atoms with Crippen molar-refractivity contribution >= 4 is 69.1 Å². The lowest BCUT2D eigenvalue weighted by atomic mass is 10.2. The summed E-state index contributed by atoms with van der Waals surface area (Å²) in [6, 6.07) is 12.3. The van der Waals surface area contributed by atoms with Crippen molar-refractivity contribution in [3.63, 3.8) is 0 Å². The van der Waals surface area contributed by atoms with Crippen LogP contribution in [0, 0.1) is 0 Å². The van der Waals surface area contributed by atoms with Gasteiger partial charge in [0, 0.05) is 22.3 Å². The zero-order valence-corrected chi connectivity index (χ0v) is 18.6. The van der Waals surface area contributed by atoms with Crippen molar-refractivity contribution in [2.75, 3.05) is 25.5 Å².